The van der Waals surface area contributed by atoms with Crippen LogP contribution in [0.5, 0.6) is 11.5 Å². The molecule has 0 aliphatic heterocycles. The van der Waals surface area contributed by atoms with E-state index in [9.17, 15) is 0 Å². The second-order valence-corrected chi connectivity index (χ2v) is 6.22. The number of nitrogens with zero attached hydrogens (tertiary/aromatic N) is 1. The Morgan fingerprint density at radius 1 is 1.33 bits per heavy atom. The van der Waals surface area contributed by atoms with Gasteiger partial charge in [0.05, 0.1) is 31.1 Å². The highest BCUT2D eigenvalue weighted by Crippen LogP contribution is 2.36. The van der Waals surface area contributed by atoms with Gasteiger partial charge in [0.15, 0.2) is 16.6 Å². The normalized spacial score (nSPS) is 12.3. The summed E-state index contributed by atoms with van der Waals surface area (Å²) in [4.78, 5) is 0. The highest BCUT2D eigenvalue weighted by Gasteiger charge is 2.12. The van der Waals surface area contributed by atoms with E-state index in [0.29, 0.717) is 28.2 Å². The maximum Gasteiger partial charge on any atom is 0.187 e. The van der Waals surface area contributed by atoms with Crippen molar-refractivity contribution in [3.63, 3.8) is 0 Å². The van der Waals surface area contributed by atoms with Crippen molar-refractivity contribution in [3.05, 3.63) is 22.7 Å². The molecule has 8 heteroatoms. The second kappa shape index (κ2) is 10.3. The summed E-state index contributed by atoms with van der Waals surface area (Å²) >= 11 is 11.4. The molecule has 0 fully saturated rings. The number of hydrazone groups is 1. The van der Waals surface area contributed by atoms with Gasteiger partial charge in [0, 0.05) is 13.2 Å². The quantitative estimate of drug-likeness (QED) is 0.415. The molecule has 24 heavy (non-hydrogen) atoms. The van der Waals surface area contributed by atoms with Crippen molar-refractivity contribution in [3.8, 4) is 11.5 Å². The third-order valence-electron chi connectivity index (χ3n) is 2.78. The smallest absolute Gasteiger partial charge is 0.187 e. The Hall–Kier alpha value is -1.57. The summed E-state index contributed by atoms with van der Waals surface area (Å²) in [5, 5.41) is 8.00. The van der Waals surface area contributed by atoms with Gasteiger partial charge in [-0.25, -0.2) is 0 Å². The van der Waals surface area contributed by atoms with Gasteiger partial charge >= 0.3 is 0 Å². The fraction of sp³-hybridized carbons (Fsp3) is 0.500. The molecule has 0 aliphatic carbocycles. The zero-order valence-corrected chi connectivity index (χ0v) is 16.1. The van der Waals surface area contributed by atoms with Gasteiger partial charge in [-0.05, 0) is 50.7 Å². The average molecular weight is 374 g/mol. The summed E-state index contributed by atoms with van der Waals surface area (Å²) in [5.74, 6) is 1.07. The highest BCUT2D eigenvalue weighted by molar-refractivity contribution is 7.80. The number of thiocarbonyl (C=S) groups is 1. The molecule has 0 radical (unpaired) electrons. The summed E-state index contributed by atoms with van der Waals surface area (Å²) in [7, 11) is 3.20. The highest BCUT2D eigenvalue weighted by atomic mass is 35.5. The molecular weight excluding hydrogens is 350 g/mol. The molecule has 0 unspecified atom stereocenters. The summed E-state index contributed by atoms with van der Waals surface area (Å²) in [6.45, 7) is 6.36. The summed E-state index contributed by atoms with van der Waals surface area (Å²) in [6.07, 6.45) is 1.60. The fourth-order valence-electron chi connectivity index (χ4n) is 1.88. The Kier molecular flexibility index (Phi) is 8.81. The number of nitrogens with one attached hydrogen (secondary N) is 2. The topological polar surface area (TPSA) is 64.1 Å². The van der Waals surface area contributed by atoms with E-state index < -0.39 is 0 Å². The Balaban J connectivity index is 2.74. The van der Waals surface area contributed by atoms with E-state index in [2.05, 4.69) is 15.8 Å². The van der Waals surface area contributed by atoms with Crippen LogP contribution < -0.4 is 20.2 Å². The van der Waals surface area contributed by atoms with Crippen molar-refractivity contribution < 1.29 is 14.2 Å². The number of hydrogen-bond donors (Lipinski definition) is 2. The number of ether oxygens (including phenoxy) is 3. The van der Waals surface area contributed by atoms with E-state index in [-0.39, 0.29) is 12.1 Å². The van der Waals surface area contributed by atoms with Crippen LogP contribution in [-0.2, 0) is 4.74 Å². The van der Waals surface area contributed by atoms with Crippen LogP contribution in [0.1, 0.15) is 26.3 Å². The lowest BCUT2D eigenvalue weighted by atomic mass is 10.2. The average Bonchev–Trinajstić information content (AvgIpc) is 2.49. The van der Waals surface area contributed by atoms with Crippen molar-refractivity contribution in [2.24, 2.45) is 5.10 Å². The molecule has 0 bridgehead atoms. The van der Waals surface area contributed by atoms with Crippen LogP contribution in [-0.4, -0.2) is 44.3 Å². The van der Waals surface area contributed by atoms with Crippen LogP contribution in [0.2, 0.25) is 5.02 Å². The van der Waals surface area contributed by atoms with Crippen molar-refractivity contribution in [1.29, 1.82) is 0 Å². The Bertz CT molecular complexity index is 582. The van der Waals surface area contributed by atoms with Crippen LogP contribution in [0.15, 0.2) is 17.2 Å². The monoisotopic (exact) mass is 373 g/mol. The SMILES string of the molecule is COC[C@@H](C)NC(=S)N/N=C\c1cc(Cl)c(OC(C)C)c(OC)c1. The van der Waals surface area contributed by atoms with Gasteiger partial charge in [0.25, 0.3) is 0 Å². The minimum absolute atomic E-state index is 0.00452. The van der Waals surface area contributed by atoms with Crippen LogP contribution in [0.25, 0.3) is 0 Å². The molecular formula is C16H24ClN3O3S. The van der Waals surface area contributed by atoms with Gasteiger partial charge in [-0.2, -0.15) is 5.10 Å². The summed E-state index contributed by atoms with van der Waals surface area (Å²) in [6, 6.07) is 3.63. The molecule has 1 aromatic rings. The fourth-order valence-corrected chi connectivity index (χ4v) is 2.40. The first kappa shape index (κ1) is 20.5. The first-order chi connectivity index (χ1) is 11.4. The van der Waals surface area contributed by atoms with Gasteiger partial charge in [-0.15, -0.1) is 0 Å². The van der Waals surface area contributed by atoms with Gasteiger partial charge in [0.1, 0.15) is 0 Å². The molecule has 0 aliphatic rings. The number of benzene rings is 1. The molecule has 0 saturated carbocycles. The molecule has 0 saturated heterocycles. The third kappa shape index (κ3) is 6.90. The van der Waals surface area contributed by atoms with E-state index >= 15 is 0 Å². The van der Waals surface area contributed by atoms with Gasteiger partial charge < -0.3 is 19.5 Å². The first-order valence-corrected chi connectivity index (χ1v) is 8.28. The minimum Gasteiger partial charge on any atom is -0.493 e. The van der Waals surface area contributed by atoms with Crippen LogP contribution in [0.4, 0.5) is 0 Å². The molecule has 0 spiro atoms. The third-order valence-corrected chi connectivity index (χ3v) is 3.27. The van der Waals surface area contributed by atoms with Gasteiger partial charge in [-0.1, -0.05) is 11.6 Å². The predicted molar refractivity (Wildman–Crippen MR) is 102 cm³/mol. The molecule has 1 atom stereocenters. The van der Waals surface area contributed by atoms with Crippen LogP contribution >= 0.6 is 23.8 Å². The summed E-state index contributed by atoms with van der Waals surface area (Å²) in [5.41, 5.74) is 3.50. The van der Waals surface area contributed by atoms with E-state index in [0.717, 1.165) is 5.56 Å². The molecule has 2 N–H and O–H groups in total. The van der Waals surface area contributed by atoms with Gasteiger partial charge in [0.2, 0.25) is 0 Å². The molecule has 6 nitrogen and oxygen atoms in total. The van der Waals surface area contributed by atoms with Crippen molar-refractivity contribution in [2.75, 3.05) is 20.8 Å². The minimum atomic E-state index is -0.00452. The standard InChI is InChI=1S/C16H24ClN3O3S/c1-10(2)23-15-13(17)6-12(7-14(15)22-5)8-18-20-16(24)19-11(3)9-21-4/h6-8,10-11H,9H2,1-5H3,(H2,19,20,24)/b18-8-/t11-/m1/s1. The maximum atomic E-state index is 6.26. The molecule has 134 valence electrons. The lowest BCUT2D eigenvalue weighted by molar-refractivity contribution is 0.179. The van der Waals surface area contributed by atoms with Crippen LogP contribution in [0, 0.1) is 0 Å². The first-order valence-electron chi connectivity index (χ1n) is 7.50. The number of halogens is 1. The molecule has 0 amide bonds. The number of rotatable bonds is 8. The van der Waals surface area contributed by atoms with Crippen LogP contribution in [0.3, 0.4) is 0 Å². The maximum absolute atomic E-state index is 6.26. The Labute approximate surface area is 153 Å². The van der Waals surface area contributed by atoms with Crippen molar-refractivity contribution in [1.82, 2.24) is 10.7 Å². The predicted octanol–water partition coefficient (Wildman–Crippen LogP) is 2.97. The number of hydrogen-bond acceptors (Lipinski definition) is 5. The molecule has 1 aromatic carbocycles. The Morgan fingerprint density at radius 2 is 2.04 bits per heavy atom. The van der Waals surface area contributed by atoms with Gasteiger partial charge in [-0.3, -0.25) is 5.43 Å². The van der Waals surface area contributed by atoms with E-state index in [1.165, 1.54) is 0 Å². The zero-order chi connectivity index (χ0) is 18.1. The van der Waals surface area contributed by atoms with E-state index in [4.69, 9.17) is 38.0 Å². The molecule has 0 heterocycles. The summed E-state index contributed by atoms with van der Waals surface area (Å²) < 4.78 is 16.0. The number of methoxy groups -OCH3 is 2. The van der Waals surface area contributed by atoms with E-state index in [1.54, 1.807) is 32.6 Å². The lowest BCUT2D eigenvalue weighted by Gasteiger charge is -2.15. The van der Waals surface area contributed by atoms with E-state index in [1.807, 2.05) is 20.8 Å². The van der Waals surface area contributed by atoms with Crippen molar-refractivity contribution in [2.45, 2.75) is 32.9 Å². The lowest BCUT2D eigenvalue weighted by Crippen LogP contribution is -2.40. The Morgan fingerprint density at radius 3 is 2.62 bits per heavy atom. The van der Waals surface area contributed by atoms with Crippen molar-refractivity contribution >= 4 is 35.1 Å². The molecule has 1 rings (SSSR count). The molecule has 0 aromatic heterocycles. The largest absolute Gasteiger partial charge is 0.493 e. The zero-order valence-electron chi connectivity index (χ0n) is 14.6. The second-order valence-electron chi connectivity index (χ2n) is 5.40.